The lowest BCUT2D eigenvalue weighted by Crippen LogP contribution is -2.37. The highest BCUT2D eigenvalue weighted by Gasteiger charge is 2.40. The molecule has 12 heavy (non-hydrogen) atoms. The Hall–Kier alpha value is 0. The Morgan fingerprint density at radius 3 is 1.33 bits per heavy atom. The van der Waals surface area contributed by atoms with Crippen LogP contribution in [0.2, 0.25) is 0 Å². The minimum atomic E-state index is 0.372. The third kappa shape index (κ3) is 1.84. The molecule has 1 radical (unpaired) electrons. The second-order valence-corrected chi connectivity index (χ2v) is 4.89. The van der Waals surface area contributed by atoms with Gasteiger partial charge in [-0.3, -0.25) is 0 Å². The lowest BCUT2D eigenvalue weighted by Gasteiger charge is -2.46. The topological polar surface area (TPSA) is 0 Å². The van der Waals surface area contributed by atoms with Gasteiger partial charge in [0.1, 0.15) is 0 Å². The van der Waals surface area contributed by atoms with Crippen molar-refractivity contribution in [1.82, 2.24) is 0 Å². The summed E-state index contributed by atoms with van der Waals surface area (Å²) in [5, 5.41) is 0. The van der Waals surface area contributed by atoms with Gasteiger partial charge in [0.25, 0.3) is 0 Å². The Morgan fingerprint density at radius 1 is 0.917 bits per heavy atom. The van der Waals surface area contributed by atoms with Crippen molar-refractivity contribution in [2.24, 2.45) is 10.8 Å². The summed E-state index contributed by atoms with van der Waals surface area (Å²) in [6.45, 7) is 16.3. The van der Waals surface area contributed by atoms with E-state index in [1.54, 1.807) is 5.92 Å². The van der Waals surface area contributed by atoms with E-state index in [0.717, 1.165) is 0 Å². The molecule has 0 aliphatic carbocycles. The van der Waals surface area contributed by atoms with Crippen LogP contribution in [0.25, 0.3) is 0 Å². The maximum Gasteiger partial charge on any atom is -0.0241 e. The Kier molecular flexibility index (Phi) is 3.81. The van der Waals surface area contributed by atoms with Crippen LogP contribution in [-0.4, -0.2) is 0 Å². The predicted molar refractivity (Wildman–Crippen MR) is 57.1 cm³/mol. The zero-order chi connectivity index (χ0) is 9.99. The molecule has 0 spiro atoms. The van der Waals surface area contributed by atoms with Gasteiger partial charge < -0.3 is 0 Å². The van der Waals surface area contributed by atoms with Gasteiger partial charge in [-0.15, -0.1) is 0 Å². The third-order valence-corrected chi connectivity index (χ3v) is 4.32. The molecule has 0 aromatic rings. The van der Waals surface area contributed by atoms with Crippen molar-refractivity contribution >= 4 is 0 Å². The first-order valence-corrected chi connectivity index (χ1v) is 5.12. The summed E-state index contributed by atoms with van der Waals surface area (Å²) in [6.07, 6.45) is 2.53. The van der Waals surface area contributed by atoms with E-state index in [-0.39, 0.29) is 0 Å². The highest BCUT2D eigenvalue weighted by Crippen LogP contribution is 2.49. The van der Waals surface area contributed by atoms with Crippen molar-refractivity contribution in [3.63, 3.8) is 0 Å². The molecule has 0 aromatic carbocycles. The number of hydrogen-bond donors (Lipinski definition) is 0. The molecule has 0 amide bonds. The predicted octanol–water partition coefficient (Wildman–Crippen LogP) is 4.45. The van der Waals surface area contributed by atoms with Crippen LogP contribution in [0.5, 0.6) is 0 Å². The summed E-state index contributed by atoms with van der Waals surface area (Å²) in [4.78, 5) is 0. The standard InChI is InChI=1S/C12H25/c1-8-12(7,9-2)11(5,6)10(3)4/h8-9H2,1-7H3. The molecule has 0 unspecified atom stereocenters. The van der Waals surface area contributed by atoms with E-state index in [0.29, 0.717) is 10.8 Å². The fourth-order valence-electron chi connectivity index (χ4n) is 1.74. The zero-order valence-corrected chi connectivity index (χ0v) is 9.91. The normalized spacial score (nSPS) is 14.0. The van der Waals surface area contributed by atoms with Crippen LogP contribution in [0, 0.1) is 16.7 Å². The molecular weight excluding hydrogens is 144 g/mol. The first-order chi connectivity index (χ1) is 5.31. The monoisotopic (exact) mass is 169 g/mol. The second-order valence-electron chi connectivity index (χ2n) is 4.89. The molecule has 0 aliphatic heterocycles. The molecule has 0 aliphatic rings. The quantitative estimate of drug-likeness (QED) is 0.583. The molecular formula is C12H25. The molecule has 0 atom stereocenters. The van der Waals surface area contributed by atoms with Crippen LogP contribution in [0.3, 0.4) is 0 Å². The largest absolute Gasteiger partial charge is 0.0648 e. The third-order valence-electron chi connectivity index (χ3n) is 4.32. The maximum atomic E-state index is 2.40. The van der Waals surface area contributed by atoms with E-state index in [9.17, 15) is 0 Å². The molecule has 73 valence electrons. The molecule has 0 fully saturated rings. The Morgan fingerprint density at radius 2 is 1.25 bits per heavy atom. The van der Waals surface area contributed by atoms with Gasteiger partial charge in [0.2, 0.25) is 0 Å². The lowest BCUT2D eigenvalue weighted by atomic mass is 9.59. The minimum Gasteiger partial charge on any atom is -0.0648 e. The van der Waals surface area contributed by atoms with Gasteiger partial charge in [0.15, 0.2) is 0 Å². The van der Waals surface area contributed by atoms with Gasteiger partial charge in [-0.2, -0.15) is 0 Å². The van der Waals surface area contributed by atoms with Gasteiger partial charge >= 0.3 is 0 Å². The average molecular weight is 169 g/mol. The maximum absolute atomic E-state index is 2.40. The van der Waals surface area contributed by atoms with E-state index >= 15 is 0 Å². The molecule has 0 saturated carbocycles. The molecule has 0 bridgehead atoms. The van der Waals surface area contributed by atoms with Crippen LogP contribution in [0.1, 0.15) is 61.3 Å². The smallest absolute Gasteiger partial charge is 0.0241 e. The van der Waals surface area contributed by atoms with E-state index in [4.69, 9.17) is 0 Å². The fourth-order valence-corrected chi connectivity index (χ4v) is 1.74. The van der Waals surface area contributed by atoms with Gasteiger partial charge in [-0.1, -0.05) is 61.3 Å². The van der Waals surface area contributed by atoms with E-state index < -0.39 is 0 Å². The molecule has 0 heterocycles. The SMILES string of the molecule is CCC(C)(CC)C(C)(C)[C](C)C. The van der Waals surface area contributed by atoms with E-state index in [1.165, 1.54) is 12.8 Å². The highest BCUT2D eigenvalue weighted by molar-refractivity contribution is 5.03. The van der Waals surface area contributed by atoms with Crippen molar-refractivity contribution < 1.29 is 0 Å². The molecule has 0 aromatic heterocycles. The van der Waals surface area contributed by atoms with Crippen molar-refractivity contribution in [3.8, 4) is 0 Å². The van der Waals surface area contributed by atoms with Gasteiger partial charge in [0, 0.05) is 0 Å². The van der Waals surface area contributed by atoms with Crippen LogP contribution in [0.15, 0.2) is 0 Å². The van der Waals surface area contributed by atoms with Gasteiger partial charge in [-0.05, 0) is 16.7 Å². The van der Waals surface area contributed by atoms with Gasteiger partial charge in [0.05, 0.1) is 0 Å². The average Bonchev–Trinajstić information content (AvgIpc) is 2.02. The van der Waals surface area contributed by atoms with Crippen molar-refractivity contribution in [1.29, 1.82) is 0 Å². The fraction of sp³-hybridized carbons (Fsp3) is 0.917. The lowest BCUT2D eigenvalue weighted by molar-refractivity contribution is 0.0931. The Labute approximate surface area is 78.8 Å². The summed E-state index contributed by atoms with van der Waals surface area (Å²) in [5.41, 5.74) is 0.836. The minimum absolute atomic E-state index is 0.372. The van der Waals surface area contributed by atoms with Crippen molar-refractivity contribution in [2.75, 3.05) is 0 Å². The van der Waals surface area contributed by atoms with Crippen LogP contribution >= 0.6 is 0 Å². The Bertz CT molecular complexity index is 124. The van der Waals surface area contributed by atoms with Crippen molar-refractivity contribution in [3.05, 3.63) is 5.92 Å². The van der Waals surface area contributed by atoms with Crippen LogP contribution < -0.4 is 0 Å². The van der Waals surface area contributed by atoms with Crippen molar-refractivity contribution in [2.45, 2.75) is 61.3 Å². The summed E-state index contributed by atoms with van der Waals surface area (Å²) in [6, 6.07) is 0. The molecule has 0 saturated heterocycles. The van der Waals surface area contributed by atoms with Crippen LogP contribution in [-0.2, 0) is 0 Å². The summed E-state index contributed by atoms with van der Waals surface area (Å²) in [7, 11) is 0. The zero-order valence-electron chi connectivity index (χ0n) is 9.91. The van der Waals surface area contributed by atoms with Crippen LogP contribution in [0.4, 0.5) is 0 Å². The summed E-state index contributed by atoms with van der Waals surface area (Å²) < 4.78 is 0. The Balaban J connectivity index is 4.70. The van der Waals surface area contributed by atoms with E-state index in [1.807, 2.05) is 0 Å². The summed E-state index contributed by atoms with van der Waals surface area (Å²) >= 11 is 0. The molecule has 0 rings (SSSR count). The number of rotatable bonds is 4. The van der Waals surface area contributed by atoms with Gasteiger partial charge in [-0.25, -0.2) is 0 Å². The molecule has 0 heteroatoms. The first kappa shape index (κ1) is 12.0. The first-order valence-electron chi connectivity index (χ1n) is 5.12. The molecule has 0 nitrogen and oxygen atoms in total. The van der Waals surface area contributed by atoms with E-state index in [2.05, 4.69) is 48.5 Å². The summed E-state index contributed by atoms with van der Waals surface area (Å²) in [5.74, 6) is 1.55. The molecule has 0 N–H and O–H groups in total. The second kappa shape index (κ2) is 3.81. The number of hydrogen-bond acceptors (Lipinski definition) is 0. The highest BCUT2D eigenvalue weighted by atomic mass is 14.4.